The van der Waals surface area contributed by atoms with Gasteiger partial charge in [-0.2, -0.15) is 0 Å². The fourth-order valence-electron chi connectivity index (χ4n) is 4.30. The summed E-state index contributed by atoms with van der Waals surface area (Å²) in [5, 5.41) is 1.14. The van der Waals surface area contributed by atoms with Gasteiger partial charge in [-0.25, -0.2) is 0 Å². The van der Waals surface area contributed by atoms with Crippen molar-refractivity contribution >= 4 is 28.4 Å². The number of H-pyrrole nitrogens is 1. The molecule has 0 bridgehead atoms. The normalized spacial score (nSPS) is 18.5. The highest BCUT2D eigenvalue weighted by Gasteiger charge is 2.36. The van der Waals surface area contributed by atoms with Crippen molar-refractivity contribution in [1.29, 1.82) is 0 Å². The lowest BCUT2D eigenvalue weighted by molar-refractivity contribution is -0.142. The molecule has 2 amide bonds. The molecule has 0 aliphatic carbocycles. The summed E-state index contributed by atoms with van der Waals surface area (Å²) in [7, 11) is 0. The highest BCUT2D eigenvalue weighted by atomic mass is 16.5. The van der Waals surface area contributed by atoms with Crippen LogP contribution < -0.4 is 9.64 Å². The second-order valence-corrected chi connectivity index (χ2v) is 7.88. The largest absolute Gasteiger partial charge is 0.476 e. The summed E-state index contributed by atoms with van der Waals surface area (Å²) in [6.45, 7) is 2.38. The molecule has 31 heavy (non-hydrogen) atoms. The van der Waals surface area contributed by atoms with Gasteiger partial charge in [0.15, 0.2) is 6.10 Å². The lowest BCUT2D eigenvalue weighted by Crippen LogP contribution is -2.54. The van der Waals surface area contributed by atoms with E-state index in [1.165, 1.54) is 0 Å². The molecule has 1 saturated heterocycles. The number of anilines is 1. The van der Waals surface area contributed by atoms with Gasteiger partial charge in [-0.1, -0.05) is 30.3 Å². The van der Waals surface area contributed by atoms with Crippen molar-refractivity contribution in [2.75, 3.05) is 37.7 Å². The molecular formula is C24H25N3O4. The van der Waals surface area contributed by atoms with E-state index in [1.807, 2.05) is 48.7 Å². The Morgan fingerprint density at radius 3 is 2.68 bits per heavy atom. The number of nitrogens with one attached hydrogen (secondary N) is 1. The Morgan fingerprint density at radius 1 is 1.03 bits per heavy atom. The average molecular weight is 419 g/mol. The second kappa shape index (κ2) is 8.43. The van der Waals surface area contributed by atoms with Gasteiger partial charge in [-0.15, -0.1) is 0 Å². The van der Waals surface area contributed by atoms with Crippen LogP contribution in [0.3, 0.4) is 0 Å². The van der Waals surface area contributed by atoms with Gasteiger partial charge in [-0.3, -0.25) is 9.59 Å². The van der Waals surface area contributed by atoms with Gasteiger partial charge < -0.3 is 24.3 Å². The number of nitrogens with zero attached hydrogens (tertiary/aromatic N) is 2. The number of benzene rings is 2. The number of hydrogen-bond donors (Lipinski definition) is 1. The molecule has 160 valence electrons. The molecule has 7 heteroatoms. The minimum absolute atomic E-state index is 0.0131. The van der Waals surface area contributed by atoms with E-state index < -0.39 is 6.10 Å². The molecule has 3 aromatic rings. The third kappa shape index (κ3) is 3.88. The molecule has 3 heterocycles. The number of fused-ring (bicyclic) bond motifs is 2. The maximum absolute atomic E-state index is 13.3. The van der Waals surface area contributed by atoms with E-state index in [0.29, 0.717) is 44.9 Å². The number of aromatic amines is 1. The van der Waals surface area contributed by atoms with Crippen LogP contribution in [0.5, 0.6) is 5.75 Å². The van der Waals surface area contributed by atoms with Crippen LogP contribution in [0.2, 0.25) is 0 Å². The van der Waals surface area contributed by atoms with E-state index in [4.69, 9.17) is 9.47 Å². The van der Waals surface area contributed by atoms with E-state index in [0.717, 1.165) is 22.2 Å². The Hall–Kier alpha value is -3.32. The zero-order valence-electron chi connectivity index (χ0n) is 17.3. The van der Waals surface area contributed by atoms with E-state index >= 15 is 0 Å². The number of carbonyl (C=O) groups excluding carboxylic acids is 2. The van der Waals surface area contributed by atoms with Crippen molar-refractivity contribution in [3.05, 3.63) is 60.3 Å². The van der Waals surface area contributed by atoms with Crippen molar-refractivity contribution in [2.24, 2.45) is 0 Å². The number of para-hydroxylation sites is 3. The molecule has 2 aliphatic rings. The Labute approximate surface area is 180 Å². The maximum Gasteiger partial charge on any atom is 0.265 e. The number of ether oxygens (including phenoxy) is 2. The van der Waals surface area contributed by atoms with Crippen LogP contribution in [0.1, 0.15) is 12.0 Å². The van der Waals surface area contributed by atoms with Crippen LogP contribution in [0.25, 0.3) is 10.9 Å². The quantitative estimate of drug-likeness (QED) is 0.706. The zero-order chi connectivity index (χ0) is 21.2. The maximum atomic E-state index is 13.3. The molecule has 1 aromatic heterocycles. The summed E-state index contributed by atoms with van der Waals surface area (Å²) in [6, 6.07) is 15.5. The zero-order valence-corrected chi connectivity index (χ0v) is 17.3. The molecule has 0 radical (unpaired) electrons. The van der Waals surface area contributed by atoms with Crippen molar-refractivity contribution in [3.8, 4) is 5.75 Å². The van der Waals surface area contributed by atoms with Crippen molar-refractivity contribution < 1.29 is 19.1 Å². The third-order valence-electron chi connectivity index (χ3n) is 5.96. The minimum Gasteiger partial charge on any atom is -0.476 e. The van der Waals surface area contributed by atoms with E-state index in [1.54, 1.807) is 9.80 Å². The highest BCUT2D eigenvalue weighted by Crippen LogP contribution is 2.34. The highest BCUT2D eigenvalue weighted by molar-refractivity contribution is 5.97. The van der Waals surface area contributed by atoms with Crippen molar-refractivity contribution in [1.82, 2.24) is 9.88 Å². The summed E-state index contributed by atoms with van der Waals surface area (Å²) in [5.41, 5.74) is 2.90. The molecule has 7 nitrogen and oxygen atoms in total. The molecule has 0 saturated carbocycles. The fraction of sp³-hybridized carbons (Fsp3) is 0.333. The average Bonchev–Trinajstić information content (AvgIpc) is 3.25. The molecule has 1 atom stereocenters. The minimum atomic E-state index is -0.704. The van der Waals surface area contributed by atoms with Crippen LogP contribution in [-0.4, -0.2) is 60.7 Å². The molecule has 2 aliphatic heterocycles. The van der Waals surface area contributed by atoms with Gasteiger partial charge >= 0.3 is 0 Å². The molecule has 0 spiro atoms. The Morgan fingerprint density at radius 2 is 1.81 bits per heavy atom. The summed E-state index contributed by atoms with van der Waals surface area (Å²) in [5.74, 6) is 0.467. The standard InChI is InChI=1S/C24H25N3O4/c28-23(10-9-17-15-25-19-6-2-1-5-18(17)19)27-16-22(24(29)26-11-13-30-14-12-26)31-21-8-4-3-7-20(21)27/h1-8,15,22,25H,9-14,16H2/t22-/m0/s1. The predicted molar refractivity (Wildman–Crippen MR) is 117 cm³/mol. The lowest BCUT2D eigenvalue weighted by atomic mass is 10.1. The smallest absolute Gasteiger partial charge is 0.265 e. The first-order valence-corrected chi connectivity index (χ1v) is 10.7. The fourth-order valence-corrected chi connectivity index (χ4v) is 4.30. The van der Waals surface area contributed by atoms with Gasteiger partial charge in [-0.05, 0) is 30.2 Å². The van der Waals surface area contributed by atoms with Gasteiger partial charge in [0.25, 0.3) is 5.91 Å². The number of aryl methyl sites for hydroxylation is 1. The Kier molecular flexibility index (Phi) is 5.34. The number of aromatic nitrogens is 1. The molecular weight excluding hydrogens is 394 g/mol. The summed E-state index contributed by atoms with van der Waals surface area (Å²) >= 11 is 0. The van der Waals surface area contributed by atoms with Crippen molar-refractivity contribution in [2.45, 2.75) is 18.9 Å². The number of rotatable bonds is 4. The summed E-state index contributed by atoms with van der Waals surface area (Å²) < 4.78 is 11.4. The van der Waals surface area contributed by atoms with E-state index in [-0.39, 0.29) is 18.4 Å². The van der Waals surface area contributed by atoms with Gasteiger partial charge in [0, 0.05) is 36.6 Å². The number of morpholine rings is 1. The number of carbonyl (C=O) groups is 2. The van der Waals surface area contributed by atoms with Gasteiger partial charge in [0.05, 0.1) is 25.4 Å². The van der Waals surface area contributed by atoms with Crippen molar-refractivity contribution in [3.63, 3.8) is 0 Å². The first-order valence-electron chi connectivity index (χ1n) is 10.7. The molecule has 2 aromatic carbocycles. The molecule has 5 rings (SSSR count). The molecule has 1 fully saturated rings. The van der Waals surface area contributed by atoms with Crippen LogP contribution in [0.4, 0.5) is 5.69 Å². The van der Waals surface area contributed by atoms with Crippen LogP contribution >= 0.6 is 0 Å². The first-order chi connectivity index (χ1) is 15.2. The number of amides is 2. The molecule has 0 unspecified atom stereocenters. The van der Waals surface area contributed by atoms with Crippen LogP contribution in [-0.2, 0) is 20.7 Å². The third-order valence-corrected chi connectivity index (χ3v) is 5.96. The summed E-state index contributed by atoms with van der Waals surface area (Å²) in [4.78, 5) is 33.0. The SMILES string of the molecule is O=C([C@@H]1CN(C(=O)CCc2c[nH]c3ccccc23)c2ccccc2O1)N1CCOCC1. The van der Waals surface area contributed by atoms with Crippen LogP contribution in [0, 0.1) is 0 Å². The first kappa shape index (κ1) is 19.6. The summed E-state index contributed by atoms with van der Waals surface area (Å²) in [6.07, 6.45) is 2.25. The van der Waals surface area contributed by atoms with E-state index in [9.17, 15) is 9.59 Å². The predicted octanol–water partition coefficient (Wildman–Crippen LogP) is 2.75. The number of hydrogen-bond acceptors (Lipinski definition) is 4. The second-order valence-electron chi connectivity index (χ2n) is 7.88. The Bertz CT molecular complexity index is 1100. The topological polar surface area (TPSA) is 74.9 Å². The van der Waals surface area contributed by atoms with E-state index in [2.05, 4.69) is 11.1 Å². The van der Waals surface area contributed by atoms with Crippen LogP contribution in [0.15, 0.2) is 54.7 Å². The van der Waals surface area contributed by atoms with Gasteiger partial charge in [0.1, 0.15) is 5.75 Å². The Balaban J connectivity index is 1.33. The van der Waals surface area contributed by atoms with Gasteiger partial charge in [0.2, 0.25) is 5.91 Å². The lowest BCUT2D eigenvalue weighted by Gasteiger charge is -2.37. The molecule has 1 N–H and O–H groups in total. The monoisotopic (exact) mass is 419 g/mol.